The van der Waals surface area contributed by atoms with Gasteiger partial charge in [0.1, 0.15) is 0 Å². The molecule has 20 heavy (non-hydrogen) atoms. The van der Waals surface area contributed by atoms with Gasteiger partial charge in [-0.15, -0.1) is 0 Å². The molecule has 0 aliphatic heterocycles. The van der Waals surface area contributed by atoms with Crippen LogP contribution in [0.4, 0.5) is 5.69 Å². The van der Waals surface area contributed by atoms with E-state index in [0.717, 1.165) is 0 Å². The lowest BCUT2D eigenvalue weighted by Crippen LogP contribution is -2.10. The molecule has 0 aliphatic carbocycles. The Morgan fingerprint density at radius 1 is 0.750 bits per heavy atom. The first-order valence-corrected chi connectivity index (χ1v) is 7.30. The fourth-order valence-electron chi connectivity index (χ4n) is 2.74. The summed E-state index contributed by atoms with van der Waals surface area (Å²) in [6.45, 7) is 13.1. The Hall–Kier alpha value is -1.76. The molecule has 2 rings (SSSR count). The predicted molar refractivity (Wildman–Crippen MR) is 88.6 cm³/mol. The van der Waals surface area contributed by atoms with E-state index in [1.165, 1.54) is 39.1 Å². The summed E-state index contributed by atoms with van der Waals surface area (Å²) in [7, 11) is 0. The summed E-state index contributed by atoms with van der Waals surface area (Å²) < 4.78 is 0. The second kappa shape index (κ2) is 5.70. The minimum atomic E-state index is 0.315. The highest BCUT2D eigenvalue weighted by Gasteiger charge is 2.11. The molecule has 0 fully saturated rings. The van der Waals surface area contributed by atoms with Crippen molar-refractivity contribution in [2.24, 2.45) is 0 Å². The molecule has 2 aromatic carbocycles. The first kappa shape index (κ1) is 14.6. The van der Waals surface area contributed by atoms with Crippen LogP contribution in [-0.4, -0.2) is 0 Å². The summed E-state index contributed by atoms with van der Waals surface area (Å²) in [5.74, 6) is 0. The van der Waals surface area contributed by atoms with Gasteiger partial charge in [0.15, 0.2) is 0 Å². The van der Waals surface area contributed by atoms with Crippen molar-refractivity contribution in [2.75, 3.05) is 5.32 Å². The summed E-state index contributed by atoms with van der Waals surface area (Å²) in [5.41, 5.74) is 9.30. The van der Waals surface area contributed by atoms with Gasteiger partial charge in [0.2, 0.25) is 0 Å². The molecular formula is C19H25N. The largest absolute Gasteiger partial charge is 0.378 e. The van der Waals surface area contributed by atoms with Crippen LogP contribution in [0, 0.1) is 34.6 Å². The normalized spacial score (nSPS) is 12.3. The molecule has 0 aromatic heterocycles. The van der Waals surface area contributed by atoms with Gasteiger partial charge in [-0.05, 0) is 75.4 Å². The Morgan fingerprint density at radius 3 is 2.05 bits per heavy atom. The molecule has 1 nitrogen and oxygen atoms in total. The fraction of sp³-hybridized carbons (Fsp3) is 0.368. The van der Waals surface area contributed by atoms with Gasteiger partial charge >= 0.3 is 0 Å². The Labute approximate surface area is 123 Å². The highest BCUT2D eigenvalue weighted by molar-refractivity contribution is 5.54. The van der Waals surface area contributed by atoms with E-state index in [-0.39, 0.29) is 0 Å². The summed E-state index contributed by atoms with van der Waals surface area (Å²) in [6.07, 6.45) is 0. The lowest BCUT2D eigenvalue weighted by Gasteiger charge is -2.21. The van der Waals surface area contributed by atoms with Gasteiger partial charge in [0.05, 0.1) is 0 Å². The van der Waals surface area contributed by atoms with Gasteiger partial charge in [-0.25, -0.2) is 0 Å². The first-order chi connectivity index (χ1) is 9.38. The number of rotatable bonds is 3. The SMILES string of the molecule is Cc1ccc(NC(C)c2cc(C)c(C)cc2C)c(C)c1. The van der Waals surface area contributed by atoms with Crippen molar-refractivity contribution in [3.63, 3.8) is 0 Å². The molecule has 1 N–H and O–H groups in total. The zero-order chi connectivity index (χ0) is 14.9. The van der Waals surface area contributed by atoms with E-state index in [1.54, 1.807) is 0 Å². The molecule has 2 aromatic rings. The van der Waals surface area contributed by atoms with Gasteiger partial charge in [0.25, 0.3) is 0 Å². The average Bonchev–Trinajstić information content (AvgIpc) is 2.37. The molecular weight excluding hydrogens is 242 g/mol. The second-order valence-electron chi connectivity index (χ2n) is 5.98. The standard InChI is InChI=1S/C19H25N/c1-12-7-8-19(16(5)9-12)20-17(6)18-11-14(3)13(2)10-15(18)4/h7-11,17,20H,1-6H3. The van der Waals surface area contributed by atoms with E-state index in [9.17, 15) is 0 Å². The summed E-state index contributed by atoms with van der Waals surface area (Å²) >= 11 is 0. The number of hydrogen-bond donors (Lipinski definition) is 1. The van der Waals surface area contributed by atoms with E-state index < -0.39 is 0 Å². The number of benzene rings is 2. The molecule has 0 spiro atoms. The maximum atomic E-state index is 3.64. The van der Waals surface area contributed by atoms with Crippen molar-refractivity contribution >= 4 is 5.69 Å². The Balaban J connectivity index is 2.28. The third-order valence-corrected chi connectivity index (χ3v) is 4.10. The van der Waals surface area contributed by atoms with Gasteiger partial charge < -0.3 is 5.32 Å². The molecule has 1 heteroatoms. The molecule has 0 heterocycles. The van der Waals surface area contributed by atoms with Crippen LogP contribution < -0.4 is 5.32 Å². The predicted octanol–water partition coefficient (Wildman–Crippen LogP) is 5.40. The number of hydrogen-bond acceptors (Lipinski definition) is 1. The van der Waals surface area contributed by atoms with E-state index in [4.69, 9.17) is 0 Å². The zero-order valence-corrected chi connectivity index (χ0v) is 13.5. The highest BCUT2D eigenvalue weighted by atomic mass is 14.9. The maximum absolute atomic E-state index is 3.64. The average molecular weight is 267 g/mol. The highest BCUT2D eigenvalue weighted by Crippen LogP contribution is 2.26. The van der Waals surface area contributed by atoms with Crippen LogP contribution in [0.3, 0.4) is 0 Å². The van der Waals surface area contributed by atoms with Crippen LogP contribution >= 0.6 is 0 Å². The van der Waals surface area contributed by atoms with Crippen molar-refractivity contribution < 1.29 is 0 Å². The molecule has 1 atom stereocenters. The van der Waals surface area contributed by atoms with Gasteiger partial charge in [-0.3, -0.25) is 0 Å². The fourth-order valence-corrected chi connectivity index (χ4v) is 2.74. The molecule has 0 saturated heterocycles. The second-order valence-corrected chi connectivity index (χ2v) is 5.98. The number of anilines is 1. The lowest BCUT2D eigenvalue weighted by atomic mass is 9.96. The minimum Gasteiger partial charge on any atom is -0.378 e. The van der Waals surface area contributed by atoms with Crippen molar-refractivity contribution in [3.05, 3.63) is 63.7 Å². The van der Waals surface area contributed by atoms with Crippen LogP contribution in [-0.2, 0) is 0 Å². The minimum absolute atomic E-state index is 0.315. The quantitative estimate of drug-likeness (QED) is 0.785. The molecule has 0 bridgehead atoms. The molecule has 0 radical (unpaired) electrons. The topological polar surface area (TPSA) is 12.0 Å². The van der Waals surface area contributed by atoms with Crippen molar-refractivity contribution in [2.45, 2.75) is 47.6 Å². The van der Waals surface area contributed by atoms with Crippen LogP contribution in [0.2, 0.25) is 0 Å². The van der Waals surface area contributed by atoms with Gasteiger partial charge in [-0.1, -0.05) is 29.8 Å². The van der Waals surface area contributed by atoms with Crippen molar-refractivity contribution in [3.8, 4) is 0 Å². The summed E-state index contributed by atoms with van der Waals surface area (Å²) in [5, 5.41) is 3.64. The van der Waals surface area contributed by atoms with E-state index in [2.05, 4.69) is 77.2 Å². The van der Waals surface area contributed by atoms with Gasteiger partial charge in [-0.2, -0.15) is 0 Å². The van der Waals surface area contributed by atoms with E-state index in [0.29, 0.717) is 6.04 Å². The zero-order valence-electron chi connectivity index (χ0n) is 13.5. The Bertz CT molecular complexity index is 626. The number of nitrogens with one attached hydrogen (secondary N) is 1. The van der Waals surface area contributed by atoms with Crippen molar-refractivity contribution in [1.82, 2.24) is 0 Å². The summed E-state index contributed by atoms with van der Waals surface area (Å²) in [6, 6.07) is 11.5. The lowest BCUT2D eigenvalue weighted by molar-refractivity contribution is 0.868. The Kier molecular flexibility index (Phi) is 4.17. The Morgan fingerprint density at radius 2 is 1.40 bits per heavy atom. The molecule has 106 valence electrons. The molecule has 0 saturated carbocycles. The molecule has 1 unspecified atom stereocenters. The van der Waals surface area contributed by atoms with Crippen molar-refractivity contribution in [1.29, 1.82) is 0 Å². The van der Waals surface area contributed by atoms with Gasteiger partial charge in [0, 0.05) is 11.7 Å². The molecule has 0 aliphatic rings. The van der Waals surface area contributed by atoms with Crippen LogP contribution in [0.1, 0.15) is 46.3 Å². The third-order valence-electron chi connectivity index (χ3n) is 4.10. The summed E-state index contributed by atoms with van der Waals surface area (Å²) in [4.78, 5) is 0. The molecule has 0 amide bonds. The van der Waals surface area contributed by atoms with Crippen LogP contribution in [0.15, 0.2) is 30.3 Å². The van der Waals surface area contributed by atoms with E-state index >= 15 is 0 Å². The number of aryl methyl sites for hydroxylation is 5. The monoisotopic (exact) mass is 267 g/mol. The third kappa shape index (κ3) is 3.04. The van der Waals surface area contributed by atoms with Crippen LogP contribution in [0.25, 0.3) is 0 Å². The van der Waals surface area contributed by atoms with E-state index in [1.807, 2.05) is 0 Å². The smallest absolute Gasteiger partial charge is 0.0488 e. The first-order valence-electron chi connectivity index (χ1n) is 7.30. The maximum Gasteiger partial charge on any atom is 0.0488 e. The van der Waals surface area contributed by atoms with Crippen LogP contribution in [0.5, 0.6) is 0 Å².